The van der Waals surface area contributed by atoms with Gasteiger partial charge in [0.05, 0.1) is 0 Å². The summed E-state index contributed by atoms with van der Waals surface area (Å²) in [6.45, 7) is 5.65. The quantitative estimate of drug-likeness (QED) is 0.478. The van der Waals surface area contributed by atoms with Crippen LogP contribution in [0.2, 0.25) is 0 Å². The first-order valence-corrected chi connectivity index (χ1v) is 11.8. The first kappa shape index (κ1) is 24.9. The number of amides is 1. The summed E-state index contributed by atoms with van der Waals surface area (Å²) in [5.74, 6) is -0.160. The summed E-state index contributed by atoms with van der Waals surface area (Å²) >= 11 is 0. The second-order valence-corrected chi connectivity index (χ2v) is 9.34. The summed E-state index contributed by atoms with van der Waals surface area (Å²) < 4.78 is 24.8. The monoisotopic (exact) mass is 482 g/mol. The molecule has 1 fully saturated rings. The zero-order valence-corrected chi connectivity index (χ0v) is 20.1. The predicted octanol–water partition coefficient (Wildman–Crippen LogP) is 3.08. The Labute approximate surface area is 203 Å². The van der Waals surface area contributed by atoms with Crippen LogP contribution in [-0.2, 0) is 11.2 Å². The van der Waals surface area contributed by atoms with Gasteiger partial charge in [0.15, 0.2) is 0 Å². The number of β-amino-alcohol motifs (C(OH)–C–C–N with tert-alkyl or cyclic N) is 1. The molecule has 2 heterocycles. The van der Waals surface area contributed by atoms with Crippen molar-refractivity contribution in [2.45, 2.75) is 39.2 Å². The van der Waals surface area contributed by atoms with Crippen molar-refractivity contribution in [2.75, 3.05) is 26.2 Å². The number of benzene rings is 2. The fourth-order valence-electron chi connectivity index (χ4n) is 4.66. The van der Waals surface area contributed by atoms with Crippen LogP contribution >= 0.6 is 0 Å². The highest BCUT2D eigenvalue weighted by atomic mass is 19.1. The van der Waals surface area contributed by atoms with E-state index < -0.39 is 11.7 Å². The number of aliphatic hydroxyl groups is 1. The number of piperidine rings is 1. The lowest BCUT2D eigenvalue weighted by molar-refractivity contribution is -0.123. The first-order chi connectivity index (χ1) is 16.7. The highest BCUT2D eigenvalue weighted by Gasteiger charge is 2.24. The standard InChI is InChI=1S/C27H31FN2O5/c1-16-11-20(28)4-3-19(16)12-24-17(2)23-6-5-22(13-25(23)35-27(24)33)34-15-21(31)14-30-9-7-18(8-10-30)26(29)32/h3-6,11,13,18,21,31H,7-10,12,14-15H2,1-2H3,(H2,29,32). The van der Waals surface area contributed by atoms with Crippen LogP contribution in [0.1, 0.15) is 35.1 Å². The van der Waals surface area contributed by atoms with E-state index in [0.717, 1.165) is 22.1 Å². The van der Waals surface area contributed by atoms with E-state index in [9.17, 15) is 19.1 Å². The zero-order valence-electron chi connectivity index (χ0n) is 20.1. The lowest BCUT2D eigenvalue weighted by Crippen LogP contribution is -2.43. The lowest BCUT2D eigenvalue weighted by atomic mass is 9.96. The Morgan fingerprint density at radius 1 is 1.23 bits per heavy atom. The summed E-state index contributed by atoms with van der Waals surface area (Å²) in [6.07, 6.45) is 1.06. The molecule has 186 valence electrons. The van der Waals surface area contributed by atoms with E-state index in [1.165, 1.54) is 12.1 Å². The van der Waals surface area contributed by atoms with Crippen molar-refractivity contribution in [3.8, 4) is 5.75 Å². The molecule has 0 bridgehead atoms. The third-order valence-electron chi connectivity index (χ3n) is 6.83. The number of nitrogens with zero attached hydrogens (tertiary/aromatic N) is 1. The minimum absolute atomic E-state index is 0.0874. The second-order valence-electron chi connectivity index (χ2n) is 9.34. The topological polar surface area (TPSA) is 106 Å². The van der Waals surface area contributed by atoms with Gasteiger partial charge in [-0.3, -0.25) is 4.79 Å². The highest BCUT2D eigenvalue weighted by molar-refractivity contribution is 5.82. The van der Waals surface area contributed by atoms with E-state index >= 15 is 0 Å². The van der Waals surface area contributed by atoms with Gasteiger partial charge < -0.3 is 24.9 Å². The SMILES string of the molecule is Cc1cc(F)ccc1Cc1c(C)c2ccc(OCC(O)CN3CCC(C(N)=O)CC3)cc2oc1=O. The van der Waals surface area contributed by atoms with Crippen LogP contribution in [0.15, 0.2) is 45.6 Å². The zero-order chi connectivity index (χ0) is 25.1. The van der Waals surface area contributed by atoms with Crippen LogP contribution in [-0.4, -0.2) is 48.3 Å². The fourth-order valence-corrected chi connectivity index (χ4v) is 4.66. The van der Waals surface area contributed by atoms with E-state index in [1.807, 2.05) is 19.9 Å². The van der Waals surface area contributed by atoms with Crippen LogP contribution in [0.4, 0.5) is 4.39 Å². The van der Waals surface area contributed by atoms with Crippen molar-refractivity contribution in [1.82, 2.24) is 4.90 Å². The normalized spacial score (nSPS) is 15.9. The number of aryl methyl sites for hydroxylation is 2. The lowest BCUT2D eigenvalue weighted by Gasteiger charge is -2.31. The Bertz CT molecular complexity index is 1280. The average molecular weight is 483 g/mol. The smallest absolute Gasteiger partial charge is 0.340 e. The molecule has 1 aliphatic heterocycles. The van der Waals surface area contributed by atoms with Gasteiger partial charge in [-0.05, 0) is 80.7 Å². The van der Waals surface area contributed by atoms with Crippen LogP contribution in [0, 0.1) is 25.6 Å². The molecule has 8 heteroatoms. The number of ether oxygens (including phenoxy) is 1. The average Bonchev–Trinajstić information content (AvgIpc) is 2.82. The van der Waals surface area contributed by atoms with Gasteiger partial charge in [-0.2, -0.15) is 0 Å². The minimum atomic E-state index is -0.703. The maximum absolute atomic E-state index is 13.4. The summed E-state index contributed by atoms with van der Waals surface area (Å²) in [6, 6.07) is 9.81. The van der Waals surface area contributed by atoms with E-state index in [-0.39, 0.29) is 24.2 Å². The molecule has 1 aromatic heterocycles. The Balaban J connectivity index is 1.41. The van der Waals surface area contributed by atoms with Crippen molar-refractivity contribution < 1.29 is 23.4 Å². The van der Waals surface area contributed by atoms with Gasteiger partial charge in [0.25, 0.3) is 0 Å². The number of rotatable bonds is 8. The fraction of sp³-hybridized carbons (Fsp3) is 0.407. The molecule has 0 saturated carbocycles. The van der Waals surface area contributed by atoms with Gasteiger partial charge in [-0.25, -0.2) is 9.18 Å². The molecule has 35 heavy (non-hydrogen) atoms. The molecular formula is C27H31FN2O5. The molecule has 1 saturated heterocycles. The van der Waals surface area contributed by atoms with Gasteiger partial charge in [0, 0.05) is 35.9 Å². The molecule has 0 radical (unpaired) electrons. The molecule has 1 amide bonds. The van der Waals surface area contributed by atoms with Gasteiger partial charge in [0.1, 0.15) is 29.9 Å². The molecule has 4 rings (SSSR count). The maximum Gasteiger partial charge on any atom is 0.340 e. The third-order valence-corrected chi connectivity index (χ3v) is 6.83. The molecule has 3 N–H and O–H groups in total. The van der Waals surface area contributed by atoms with Gasteiger partial charge >= 0.3 is 5.63 Å². The number of fused-ring (bicyclic) bond motifs is 1. The van der Waals surface area contributed by atoms with Crippen LogP contribution in [0.25, 0.3) is 11.0 Å². The van der Waals surface area contributed by atoms with Crippen molar-refractivity contribution in [2.24, 2.45) is 11.7 Å². The largest absolute Gasteiger partial charge is 0.491 e. The van der Waals surface area contributed by atoms with Crippen molar-refractivity contribution in [3.05, 3.63) is 74.9 Å². The summed E-state index contributed by atoms with van der Waals surface area (Å²) in [5.41, 5.74) is 8.35. The second kappa shape index (κ2) is 10.6. The highest BCUT2D eigenvalue weighted by Crippen LogP contribution is 2.26. The molecule has 0 aliphatic carbocycles. The van der Waals surface area contributed by atoms with E-state index in [4.69, 9.17) is 14.9 Å². The Morgan fingerprint density at radius 2 is 1.97 bits per heavy atom. The molecular weight excluding hydrogens is 451 g/mol. The summed E-state index contributed by atoms with van der Waals surface area (Å²) in [7, 11) is 0. The Morgan fingerprint density at radius 3 is 2.66 bits per heavy atom. The number of carbonyl (C=O) groups excluding carboxylic acids is 1. The molecule has 7 nitrogen and oxygen atoms in total. The molecule has 3 aromatic rings. The Kier molecular flexibility index (Phi) is 7.52. The van der Waals surface area contributed by atoms with Crippen molar-refractivity contribution in [3.63, 3.8) is 0 Å². The first-order valence-electron chi connectivity index (χ1n) is 11.8. The summed E-state index contributed by atoms with van der Waals surface area (Å²) in [5, 5.41) is 11.2. The molecule has 1 atom stereocenters. The summed E-state index contributed by atoms with van der Waals surface area (Å²) in [4.78, 5) is 26.1. The van der Waals surface area contributed by atoms with E-state index in [1.54, 1.807) is 18.2 Å². The van der Waals surface area contributed by atoms with Gasteiger partial charge in [-0.1, -0.05) is 6.07 Å². The molecule has 1 aliphatic rings. The van der Waals surface area contributed by atoms with Crippen molar-refractivity contribution in [1.29, 1.82) is 0 Å². The minimum Gasteiger partial charge on any atom is -0.491 e. The number of nitrogens with two attached hydrogens (primary N) is 1. The third kappa shape index (κ3) is 5.89. The van der Waals surface area contributed by atoms with Gasteiger partial charge in [-0.15, -0.1) is 0 Å². The number of halogens is 1. The van der Waals surface area contributed by atoms with Crippen LogP contribution in [0.3, 0.4) is 0 Å². The van der Waals surface area contributed by atoms with Crippen LogP contribution in [0.5, 0.6) is 5.75 Å². The number of carbonyl (C=O) groups is 1. The Hall–Kier alpha value is -3.23. The number of hydrogen-bond acceptors (Lipinski definition) is 6. The van der Waals surface area contributed by atoms with Crippen LogP contribution < -0.4 is 16.1 Å². The molecule has 0 spiro atoms. The van der Waals surface area contributed by atoms with E-state index in [2.05, 4.69) is 4.90 Å². The number of likely N-dealkylation sites (tertiary alicyclic amines) is 1. The van der Waals surface area contributed by atoms with Crippen molar-refractivity contribution >= 4 is 16.9 Å². The van der Waals surface area contributed by atoms with E-state index in [0.29, 0.717) is 55.8 Å². The number of primary amides is 1. The molecule has 1 unspecified atom stereocenters. The number of hydrogen-bond donors (Lipinski definition) is 2. The maximum atomic E-state index is 13.4. The molecule has 2 aromatic carbocycles. The predicted molar refractivity (Wildman–Crippen MR) is 131 cm³/mol. The number of aliphatic hydroxyl groups excluding tert-OH is 1. The van der Waals surface area contributed by atoms with Gasteiger partial charge in [0.2, 0.25) is 5.91 Å².